The van der Waals surface area contributed by atoms with Crippen LogP contribution in [0.5, 0.6) is 5.75 Å². The Morgan fingerprint density at radius 3 is 2.55 bits per heavy atom. The number of halogens is 3. The fourth-order valence-corrected chi connectivity index (χ4v) is 2.41. The first-order valence-corrected chi connectivity index (χ1v) is 8.45. The summed E-state index contributed by atoms with van der Waals surface area (Å²) in [6.45, 7) is -1.71. The predicted molar refractivity (Wildman–Crippen MR) is 95.5 cm³/mol. The highest BCUT2D eigenvalue weighted by atomic mass is 19.4. The van der Waals surface area contributed by atoms with Crippen LogP contribution in [0.15, 0.2) is 59.4 Å². The minimum atomic E-state index is -4.44. The number of nitrogens with one attached hydrogen (secondary N) is 1. The van der Waals surface area contributed by atoms with Crippen molar-refractivity contribution in [3.63, 3.8) is 0 Å². The van der Waals surface area contributed by atoms with Gasteiger partial charge in [-0.2, -0.15) is 22.5 Å². The molecule has 11 heteroatoms. The van der Waals surface area contributed by atoms with Crippen molar-refractivity contribution >= 4 is 5.91 Å². The van der Waals surface area contributed by atoms with E-state index in [4.69, 9.17) is 0 Å². The Hall–Kier alpha value is -3.63. The average molecular weight is 407 g/mol. The molecule has 0 aliphatic carbocycles. The molecule has 0 fully saturated rings. The molecular formula is C18H16F3N5O3. The van der Waals surface area contributed by atoms with Crippen LogP contribution in [0, 0.1) is 0 Å². The number of amides is 1. The van der Waals surface area contributed by atoms with Gasteiger partial charge in [0.25, 0.3) is 0 Å². The zero-order valence-electron chi connectivity index (χ0n) is 15.0. The minimum Gasteiger partial charge on any atom is -0.484 e. The van der Waals surface area contributed by atoms with Gasteiger partial charge in [0.15, 0.2) is 6.61 Å². The second kappa shape index (κ2) is 8.59. The summed E-state index contributed by atoms with van der Waals surface area (Å²) in [5.74, 6) is -0.468. The SMILES string of the molecule is O=C(Cn1nnn(-c2ccccc2)c1=O)NCc1cccc(OCC(F)(F)F)c1. The van der Waals surface area contributed by atoms with E-state index in [1.54, 1.807) is 36.4 Å². The van der Waals surface area contributed by atoms with Crippen LogP contribution in [0.3, 0.4) is 0 Å². The van der Waals surface area contributed by atoms with Crippen LogP contribution in [0.4, 0.5) is 13.2 Å². The van der Waals surface area contributed by atoms with Gasteiger partial charge in [-0.15, -0.1) is 0 Å². The molecule has 0 radical (unpaired) electrons. The Kier molecular flexibility index (Phi) is 5.96. The topological polar surface area (TPSA) is 91.0 Å². The number of tetrazole rings is 1. The second-order valence-electron chi connectivity index (χ2n) is 5.99. The van der Waals surface area contributed by atoms with E-state index in [0.717, 1.165) is 9.36 Å². The Labute approximate surface area is 162 Å². The van der Waals surface area contributed by atoms with Gasteiger partial charge in [0.1, 0.15) is 12.3 Å². The van der Waals surface area contributed by atoms with Gasteiger partial charge in [0, 0.05) is 6.54 Å². The van der Waals surface area contributed by atoms with Gasteiger partial charge in [-0.3, -0.25) is 4.79 Å². The van der Waals surface area contributed by atoms with Crippen LogP contribution in [0.2, 0.25) is 0 Å². The molecule has 8 nitrogen and oxygen atoms in total. The first-order chi connectivity index (χ1) is 13.8. The lowest BCUT2D eigenvalue weighted by Gasteiger charge is -2.10. The number of rotatable bonds is 7. The van der Waals surface area contributed by atoms with Gasteiger partial charge in [-0.1, -0.05) is 30.3 Å². The molecule has 0 aliphatic heterocycles. The fourth-order valence-electron chi connectivity index (χ4n) is 2.41. The molecule has 3 aromatic rings. The number of carbonyl (C=O) groups is 1. The summed E-state index contributed by atoms with van der Waals surface area (Å²) < 4.78 is 43.3. The zero-order chi connectivity index (χ0) is 20.9. The van der Waals surface area contributed by atoms with Crippen molar-refractivity contribution in [2.24, 2.45) is 0 Å². The third kappa shape index (κ3) is 5.67. The molecule has 0 atom stereocenters. The average Bonchev–Trinajstić information content (AvgIpc) is 3.05. The Balaban J connectivity index is 1.57. The van der Waals surface area contributed by atoms with E-state index in [2.05, 4.69) is 20.5 Å². The summed E-state index contributed by atoms with van der Waals surface area (Å²) in [4.78, 5) is 24.4. The third-order valence-electron chi connectivity index (χ3n) is 3.72. The van der Waals surface area contributed by atoms with Crippen molar-refractivity contribution < 1.29 is 22.7 Å². The highest BCUT2D eigenvalue weighted by Gasteiger charge is 2.28. The maximum atomic E-state index is 12.3. The Morgan fingerprint density at radius 2 is 1.83 bits per heavy atom. The molecule has 0 spiro atoms. The Morgan fingerprint density at radius 1 is 1.07 bits per heavy atom. The molecular weight excluding hydrogens is 391 g/mol. The van der Waals surface area contributed by atoms with Gasteiger partial charge in [-0.25, -0.2) is 4.79 Å². The van der Waals surface area contributed by atoms with E-state index in [9.17, 15) is 22.8 Å². The number of benzene rings is 2. The van der Waals surface area contributed by atoms with Gasteiger partial charge in [0.2, 0.25) is 5.91 Å². The van der Waals surface area contributed by atoms with Crippen LogP contribution in [-0.2, 0) is 17.9 Å². The molecule has 3 rings (SSSR count). The molecule has 0 saturated carbocycles. The van der Waals surface area contributed by atoms with Crippen molar-refractivity contribution in [1.29, 1.82) is 0 Å². The summed E-state index contributed by atoms with van der Waals surface area (Å²) in [6.07, 6.45) is -4.44. The molecule has 1 amide bonds. The number of aromatic nitrogens is 4. The standard InChI is InChI=1S/C18H16F3N5O3/c19-18(20,21)12-29-15-8-4-5-13(9-15)10-22-16(27)11-25-17(28)26(24-23-25)14-6-2-1-3-7-14/h1-9H,10-12H2,(H,22,27). The second-order valence-corrected chi connectivity index (χ2v) is 5.99. The van der Waals surface area contributed by atoms with E-state index in [-0.39, 0.29) is 18.8 Å². The quantitative estimate of drug-likeness (QED) is 0.644. The molecule has 1 N–H and O–H groups in total. The van der Waals surface area contributed by atoms with E-state index in [1.807, 2.05) is 0 Å². The van der Waals surface area contributed by atoms with Crippen LogP contribution in [0.25, 0.3) is 5.69 Å². The van der Waals surface area contributed by atoms with Crippen molar-refractivity contribution in [2.75, 3.05) is 6.61 Å². The first kappa shape index (κ1) is 20.1. The Bertz CT molecular complexity index is 1030. The van der Waals surface area contributed by atoms with Crippen LogP contribution in [-0.4, -0.2) is 38.5 Å². The van der Waals surface area contributed by atoms with Crippen molar-refractivity contribution in [3.05, 3.63) is 70.6 Å². The molecule has 0 aliphatic rings. The van der Waals surface area contributed by atoms with Crippen molar-refractivity contribution in [1.82, 2.24) is 25.1 Å². The van der Waals surface area contributed by atoms with E-state index >= 15 is 0 Å². The normalized spacial score (nSPS) is 11.3. The van der Waals surface area contributed by atoms with Gasteiger partial charge < -0.3 is 10.1 Å². The third-order valence-corrected chi connectivity index (χ3v) is 3.72. The number of nitrogens with zero attached hydrogens (tertiary/aromatic N) is 4. The zero-order valence-corrected chi connectivity index (χ0v) is 15.0. The number of carbonyl (C=O) groups excluding carboxylic acids is 1. The highest BCUT2D eigenvalue weighted by Crippen LogP contribution is 2.19. The summed E-state index contributed by atoms with van der Waals surface area (Å²) in [6, 6.07) is 14.5. The van der Waals surface area contributed by atoms with E-state index < -0.39 is 24.4 Å². The lowest BCUT2D eigenvalue weighted by atomic mass is 10.2. The summed E-state index contributed by atoms with van der Waals surface area (Å²) in [7, 11) is 0. The van der Waals surface area contributed by atoms with Crippen molar-refractivity contribution in [2.45, 2.75) is 19.3 Å². The number of para-hydroxylation sites is 1. The summed E-state index contributed by atoms with van der Waals surface area (Å²) >= 11 is 0. The predicted octanol–water partition coefficient (Wildman–Crippen LogP) is 1.69. The molecule has 0 saturated heterocycles. The van der Waals surface area contributed by atoms with Crippen LogP contribution >= 0.6 is 0 Å². The number of alkyl halides is 3. The minimum absolute atomic E-state index is 0.0381. The van der Waals surface area contributed by atoms with Crippen LogP contribution in [0.1, 0.15) is 5.56 Å². The van der Waals surface area contributed by atoms with E-state index in [1.165, 1.54) is 18.2 Å². The molecule has 29 heavy (non-hydrogen) atoms. The molecule has 0 unspecified atom stereocenters. The smallest absolute Gasteiger partial charge is 0.422 e. The summed E-state index contributed by atoms with van der Waals surface area (Å²) in [5.41, 5.74) is 0.479. The monoisotopic (exact) mass is 407 g/mol. The first-order valence-electron chi connectivity index (χ1n) is 8.45. The van der Waals surface area contributed by atoms with Gasteiger partial charge >= 0.3 is 11.9 Å². The maximum Gasteiger partial charge on any atom is 0.422 e. The van der Waals surface area contributed by atoms with Gasteiger partial charge in [-0.05, 0) is 40.3 Å². The van der Waals surface area contributed by atoms with Crippen molar-refractivity contribution in [3.8, 4) is 11.4 Å². The number of hydrogen-bond donors (Lipinski definition) is 1. The van der Waals surface area contributed by atoms with Gasteiger partial charge in [0.05, 0.1) is 5.69 Å². The van der Waals surface area contributed by atoms with E-state index in [0.29, 0.717) is 11.3 Å². The largest absolute Gasteiger partial charge is 0.484 e. The lowest BCUT2D eigenvalue weighted by Crippen LogP contribution is -2.33. The number of ether oxygens (including phenoxy) is 1. The maximum absolute atomic E-state index is 12.3. The molecule has 0 bridgehead atoms. The summed E-state index contributed by atoms with van der Waals surface area (Å²) in [5, 5.41) is 9.99. The molecule has 2 aromatic carbocycles. The molecule has 152 valence electrons. The van der Waals surface area contributed by atoms with Crippen LogP contribution < -0.4 is 15.7 Å². The molecule has 1 aromatic heterocycles. The highest BCUT2D eigenvalue weighted by molar-refractivity contribution is 5.75. The molecule has 1 heterocycles. The lowest BCUT2D eigenvalue weighted by molar-refractivity contribution is -0.153. The number of hydrogen-bond acceptors (Lipinski definition) is 5. The fraction of sp³-hybridized carbons (Fsp3) is 0.222.